The highest BCUT2D eigenvalue weighted by Crippen LogP contribution is 2.44. The van der Waals surface area contributed by atoms with Crippen LogP contribution in [0.5, 0.6) is 0 Å². The first kappa shape index (κ1) is 19.8. The Morgan fingerprint density at radius 3 is 2.29 bits per heavy atom. The summed E-state index contributed by atoms with van der Waals surface area (Å²) in [6.07, 6.45) is 0.745. The molecule has 1 amide bonds. The molecule has 3 aromatic rings. The van der Waals surface area contributed by atoms with Crippen LogP contribution in [0.3, 0.4) is 0 Å². The molecule has 0 radical (unpaired) electrons. The number of halogens is 1. The van der Waals surface area contributed by atoms with Crippen LogP contribution in [-0.4, -0.2) is 29.4 Å². The van der Waals surface area contributed by atoms with Crippen LogP contribution in [0.15, 0.2) is 72.8 Å². The van der Waals surface area contributed by atoms with Crippen molar-refractivity contribution in [1.82, 2.24) is 5.32 Å². The van der Waals surface area contributed by atoms with Crippen molar-refractivity contribution in [2.45, 2.75) is 36.8 Å². The summed E-state index contributed by atoms with van der Waals surface area (Å²) in [5.41, 5.74) is 4.55. The van der Waals surface area contributed by atoms with Crippen LogP contribution in [0.4, 0.5) is 9.18 Å². The quantitative estimate of drug-likeness (QED) is 0.627. The molecule has 2 N–H and O–H groups in total. The normalized spacial score (nSPS) is 21.7. The third-order valence-electron chi connectivity index (χ3n) is 6.34. The van der Waals surface area contributed by atoms with Gasteiger partial charge in [0.2, 0.25) is 0 Å². The second-order valence-corrected chi connectivity index (χ2v) is 8.61. The number of ether oxygens (including phenoxy) is 1. The van der Waals surface area contributed by atoms with Gasteiger partial charge in [-0.3, -0.25) is 0 Å². The van der Waals surface area contributed by atoms with Gasteiger partial charge in [0, 0.05) is 18.4 Å². The molecule has 0 saturated heterocycles. The van der Waals surface area contributed by atoms with Crippen molar-refractivity contribution < 1.29 is 19.0 Å². The van der Waals surface area contributed by atoms with E-state index in [1.807, 2.05) is 24.3 Å². The summed E-state index contributed by atoms with van der Waals surface area (Å²) in [7, 11) is 0. The van der Waals surface area contributed by atoms with E-state index in [9.17, 15) is 14.3 Å². The van der Waals surface area contributed by atoms with Crippen LogP contribution >= 0.6 is 0 Å². The minimum Gasteiger partial charge on any atom is -0.449 e. The number of hydrogen-bond acceptors (Lipinski definition) is 3. The third-order valence-corrected chi connectivity index (χ3v) is 6.34. The van der Waals surface area contributed by atoms with E-state index < -0.39 is 11.7 Å². The molecular weight excluding hydrogens is 393 g/mol. The Balaban J connectivity index is 1.16. The van der Waals surface area contributed by atoms with Crippen molar-refractivity contribution >= 4 is 6.09 Å². The highest BCUT2D eigenvalue weighted by Gasteiger charge is 2.43. The van der Waals surface area contributed by atoms with E-state index in [0.717, 1.165) is 5.56 Å². The minimum absolute atomic E-state index is 0.0180. The Bertz CT molecular complexity index is 1080. The van der Waals surface area contributed by atoms with Gasteiger partial charge in [-0.15, -0.1) is 0 Å². The molecule has 0 spiro atoms. The number of alkyl carbamates (subject to hydrolysis) is 1. The summed E-state index contributed by atoms with van der Waals surface area (Å²) < 4.78 is 18.9. The van der Waals surface area contributed by atoms with Gasteiger partial charge in [-0.2, -0.15) is 0 Å². The van der Waals surface area contributed by atoms with Gasteiger partial charge >= 0.3 is 6.09 Å². The molecule has 5 rings (SSSR count). The van der Waals surface area contributed by atoms with Gasteiger partial charge in [0.15, 0.2) is 0 Å². The molecule has 1 fully saturated rings. The number of benzene rings is 3. The number of fused-ring (bicyclic) bond motifs is 3. The molecule has 0 unspecified atom stereocenters. The molecule has 0 aliphatic heterocycles. The molecule has 4 nitrogen and oxygen atoms in total. The van der Waals surface area contributed by atoms with E-state index in [0.29, 0.717) is 19.3 Å². The molecule has 2 aliphatic carbocycles. The molecule has 0 heterocycles. The Hall–Kier alpha value is -3.18. The monoisotopic (exact) mass is 417 g/mol. The van der Waals surface area contributed by atoms with Gasteiger partial charge in [0.1, 0.15) is 12.4 Å². The van der Waals surface area contributed by atoms with Crippen molar-refractivity contribution in [2.24, 2.45) is 0 Å². The number of rotatable bonds is 5. The number of amides is 1. The lowest BCUT2D eigenvalue weighted by molar-refractivity contribution is -0.0539. The smallest absolute Gasteiger partial charge is 0.407 e. The van der Waals surface area contributed by atoms with Crippen LogP contribution < -0.4 is 5.32 Å². The largest absolute Gasteiger partial charge is 0.449 e. The third kappa shape index (κ3) is 3.93. The molecular formula is C26H24FNO3. The second kappa shape index (κ2) is 7.82. The Morgan fingerprint density at radius 1 is 1.00 bits per heavy atom. The van der Waals surface area contributed by atoms with Gasteiger partial charge in [-0.05, 0) is 52.8 Å². The predicted octanol–water partition coefficient (Wildman–Crippen LogP) is 4.80. The summed E-state index contributed by atoms with van der Waals surface area (Å²) in [5.74, 6) is -0.293. The van der Waals surface area contributed by atoms with Crippen molar-refractivity contribution in [3.8, 4) is 11.1 Å². The van der Waals surface area contributed by atoms with Crippen molar-refractivity contribution in [3.63, 3.8) is 0 Å². The van der Waals surface area contributed by atoms with Gasteiger partial charge in [0.25, 0.3) is 0 Å². The molecule has 1 saturated carbocycles. The van der Waals surface area contributed by atoms with Gasteiger partial charge in [-0.25, -0.2) is 9.18 Å². The first-order chi connectivity index (χ1) is 15.0. The fourth-order valence-electron chi connectivity index (χ4n) is 4.94. The Morgan fingerprint density at radius 2 is 1.65 bits per heavy atom. The van der Waals surface area contributed by atoms with E-state index >= 15 is 0 Å². The van der Waals surface area contributed by atoms with Crippen LogP contribution in [0.2, 0.25) is 0 Å². The van der Waals surface area contributed by atoms with Crippen LogP contribution in [0.25, 0.3) is 11.1 Å². The fraction of sp³-hybridized carbons (Fsp3) is 0.269. The number of carbonyl (C=O) groups is 1. The summed E-state index contributed by atoms with van der Waals surface area (Å²) in [4.78, 5) is 12.4. The average Bonchev–Trinajstić information content (AvgIpc) is 3.05. The zero-order valence-electron chi connectivity index (χ0n) is 17.1. The maximum atomic E-state index is 13.4. The van der Waals surface area contributed by atoms with E-state index in [-0.39, 0.29) is 24.4 Å². The molecule has 31 heavy (non-hydrogen) atoms. The van der Waals surface area contributed by atoms with Crippen molar-refractivity contribution in [2.75, 3.05) is 6.61 Å². The van der Waals surface area contributed by atoms with E-state index in [1.165, 1.54) is 34.4 Å². The lowest BCUT2D eigenvalue weighted by Crippen LogP contribution is -2.56. The van der Waals surface area contributed by atoms with Crippen LogP contribution in [-0.2, 0) is 11.2 Å². The molecule has 5 heteroatoms. The topological polar surface area (TPSA) is 58.6 Å². The number of carbonyl (C=O) groups excluding carboxylic acids is 1. The summed E-state index contributed by atoms with van der Waals surface area (Å²) in [6, 6.07) is 22.5. The van der Waals surface area contributed by atoms with Crippen molar-refractivity contribution in [3.05, 3.63) is 95.3 Å². The molecule has 0 aromatic heterocycles. The van der Waals surface area contributed by atoms with Crippen molar-refractivity contribution in [1.29, 1.82) is 0 Å². The zero-order chi connectivity index (χ0) is 21.4. The molecule has 0 atom stereocenters. The Labute approximate surface area is 180 Å². The first-order valence-corrected chi connectivity index (χ1v) is 10.6. The lowest BCUT2D eigenvalue weighted by Gasteiger charge is -2.43. The van der Waals surface area contributed by atoms with Crippen LogP contribution in [0.1, 0.15) is 35.4 Å². The zero-order valence-corrected chi connectivity index (χ0v) is 17.1. The molecule has 0 bridgehead atoms. The lowest BCUT2D eigenvalue weighted by atomic mass is 9.72. The highest BCUT2D eigenvalue weighted by molar-refractivity contribution is 5.79. The van der Waals surface area contributed by atoms with Gasteiger partial charge < -0.3 is 15.2 Å². The van der Waals surface area contributed by atoms with E-state index in [4.69, 9.17) is 4.74 Å². The second-order valence-electron chi connectivity index (χ2n) is 8.61. The number of hydrogen-bond donors (Lipinski definition) is 2. The van der Waals surface area contributed by atoms with Gasteiger partial charge in [0.05, 0.1) is 5.60 Å². The van der Waals surface area contributed by atoms with Gasteiger partial charge in [-0.1, -0.05) is 60.7 Å². The summed E-state index contributed by atoms with van der Waals surface area (Å²) in [6.45, 7) is 0.264. The molecule has 158 valence electrons. The van der Waals surface area contributed by atoms with Crippen LogP contribution in [0, 0.1) is 5.82 Å². The highest BCUT2D eigenvalue weighted by atomic mass is 19.1. The average molecular weight is 417 g/mol. The maximum Gasteiger partial charge on any atom is 0.407 e. The van der Waals surface area contributed by atoms with E-state index in [2.05, 4.69) is 29.6 Å². The first-order valence-electron chi connectivity index (χ1n) is 10.6. The summed E-state index contributed by atoms with van der Waals surface area (Å²) >= 11 is 0. The summed E-state index contributed by atoms with van der Waals surface area (Å²) in [5, 5.41) is 13.5. The fourth-order valence-corrected chi connectivity index (χ4v) is 4.94. The Kier molecular flexibility index (Phi) is 4.98. The number of aliphatic hydroxyl groups is 1. The molecule has 2 aliphatic rings. The predicted molar refractivity (Wildman–Crippen MR) is 116 cm³/mol. The standard InChI is InChI=1S/C26H24FNO3/c27-18-7-5-6-17(12-18)13-26(30)14-19(15-26)28-25(29)31-16-24-22-10-3-1-8-20(22)21-9-2-4-11-23(21)24/h1-12,19,24,30H,13-16H2,(H,28,29). The minimum atomic E-state index is -0.922. The maximum absolute atomic E-state index is 13.4. The SMILES string of the molecule is O=C(NC1CC(O)(Cc2cccc(F)c2)C1)OCC1c2ccccc2-c2ccccc21. The number of nitrogens with one attached hydrogen (secondary N) is 1. The molecule has 3 aromatic carbocycles. The van der Waals surface area contributed by atoms with E-state index in [1.54, 1.807) is 12.1 Å².